The molecule has 0 radical (unpaired) electrons. The zero-order valence-electron chi connectivity index (χ0n) is 11.9. The lowest BCUT2D eigenvalue weighted by Gasteiger charge is -2.24. The molecule has 0 saturated carbocycles. The van der Waals surface area contributed by atoms with E-state index in [1.165, 1.54) is 12.1 Å². The first-order valence-electron chi connectivity index (χ1n) is 7.03. The summed E-state index contributed by atoms with van der Waals surface area (Å²) in [5.41, 5.74) is 0.828. The molecule has 1 heterocycles. The van der Waals surface area contributed by atoms with Crippen LogP contribution < -0.4 is 5.32 Å². The molecule has 114 valence electrons. The van der Waals surface area contributed by atoms with Crippen molar-refractivity contribution < 1.29 is 14.0 Å². The monoisotopic (exact) mass is 356 g/mol. The van der Waals surface area contributed by atoms with E-state index in [2.05, 4.69) is 21.2 Å². The van der Waals surface area contributed by atoms with E-state index in [0.29, 0.717) is 30.4 Å². The van der Waals surface area contributed by atoms with Crippen LogP contribution in [0.4, 0.5) is 4.39 Å². The van der Waals surface area contributed by atoms with Crippen molar-refractivity contribution in [2.75, 3.05) is 6.54 Å². The predicted molar refractivity (Wildman–Crippen MR) is 81.0 cm³/mol. The molecule has 0 aromatic heterocycles. The van der Waals surface area contributed by atoms with E-state index < -0.39 is 6.04 Å². The van der Waals surface area contributed by atoms with Crippen molar-refractivity contribution in [1.82, 2.24) is 10.2 Å². The number of nitrogens with one attached hydrogen (secondary N) is 1. The topological polar surface area (TPSA) is 49.4 Å². The number of carbonyl (C=O) groups is 2. The molecule has 1 aliphatic rings. The van der Waals surface area contributed by atoms with Crippen LogP contribution in [-0.4, -0.2) is 29.3 Å². The number of benzene rings is 1. The Balaban J connectivity index is 2.16. The number of rotatable bonds is 4. The predicted octanol–water partition coefficient (Wildman–Crippen LogP) is 2.61. The lowest BCUT2D eigenvalue weighted by atomic mass is 10.1. The van der Waals surface area contributed by atoms with Gasteiger partial charge in [-0.15, -0.1) is 0 Å². The Bertz CT molecular complexity index is 550. The highest BCUT2D eigenvalue weighted by Gasteiger charge is 2.29. The standard InChI is InChI=1S/C15H18BrFN2O2/c1-2-3-13-15(21)19(7-6-14(20)18-13)9-10-4-5-11(17)8-12(10)16/h4-5,8,13H,2-3,6-7,9H2,1H3,(H,18,20). The molecule has 1 fully saturated rings. The minimum atomic E-state index is -0.454. The van der Waals surface area contributed by atoms with Crippen molar-refractivity contribution in [1.29, 1.82) is 0 Å². The Morgan fingerprint density at radius 3 is 2.86 bits per heavy atom. The average Bonchev–Trinajstić information content (AvgIpc) is 2.56. The van der Waals surface area contributed by atoms with Crippen molar-refractivity contribution in [2.45, 2.75) is 38.8 Å². The Morgan fingerprint density at radius 2 is 2.19 bits per heavy atom. The number of amides is 2. The number of hydrogen-bond acceptors (Lipinski definition) is 2. The molecule has 2 rings (SSSR count). The van der Waals surface area contributed by atoms with Crippen molar-refractivity contribution in [3.05, 3.63) is 34.1 Å². The zero-order chi connectivity index (χ0) is 15.4. The van der Waals surface area contributed by atoms with Crippen molar-refractivity contribution in [3.8, 4) is 0 Å². The van der Waals surface area contributed by atoms with Crippen LogP contribution >= 0.6 is 15.9 Å². The molecule has 4 nitrogen and oxygen atoms in total. The fourth-order valence-electron chi connectivity index (χ4n) is 2.39. The lowest BCUT2D eigenvalue weighted by Crippen LogP contribution is -2.44. The molecule has 1 atom stereocenters. The van der Waals surface area contributed by atoms with Gasteiger partial charge in [-0.05, 0) is 24.1 Å². The number of halogens is 2. The van der Waals surface area contributed by atoms with Gasteiger partial charge < -0.3 is 10.2 Å². The summed E-state index contributed by atoms with van der Waals surface area (Å²) in [5.74, 6) is -0.491. The fourth-order valence-corrected chi connectivity index (χ4v) is 2.87. The third-order valence-corrected chi connectivity index (χ3v) is 4.25. The third kappa shape index (κ3) is 4.03. The molecule has 1 saturated heterocycles. The van der Waals surface area contributed by atoms with Crippen LogP contribution in [0.2, 0.25) is 0 Å². The van der Waals surface area contributed by atoms with Gasteiger partial charge in [-0.3, -0.25) is 9.59 Å². The van der Waals surface area contributed by atoms with Gasteiger partial charge >= 0.3 is 0 Å². The molecule has 1 aromatic rings. The SMILES string of the molecule is CCCC1NC(=O)CCN(Cc2ccc(F)cc2Br)C1=O. The summed E-state index contributed by atoms with van der Waals surface area (Å²) in [4.78, 5) is 25.8. The van der Waals surface area contributed by atoms with Crippen molar-refractivity contribution in [3.63, 3.8) is 0 Å². The molecule has 1 N–H and O–H groups in total. The van der Waals surface area contributed by atoms with Gasteiger partial charge in [0.2, 0.25) is 11.8 Å². The second kappa shape index (κ2) is 7.02. The van der Waals surface area contributed by atoms with Crippen LogP contribution in [-0.2, 0) is 16.1 Å². The molecule has 0 spiro atoms. The normalized spacial score (nSPS) is 19.4. The van der Waals surface area contributed by atoms with E-state index in [1.807, 2.05) is 6.92 Å². The first-order chi connectivity index (χ1) is 10.0. The van der Waals surface area contributed by atoms with E-state index in [0.717, 1.165) is 12.0 Å². The Hall–Kier alpha value is -1.43. The number of nitrogens with zero attached hydrogens (tertiary/aromatic N) is 1. The molecule has 1 aliphatic heterocycles. The van der Waals surface area contributed by atoms with Crippen LogP contribution in [0.15, 0.2) is 22.7 Å². The molecule has 0 bridgehead atoms. The van der Waals surface area contributed by atoms with Gasteiger partial charge in [0, 0.05) is 24.0 Å². The van der Waals surface area contributed by atoms with Gasteiger partial charge in [-0.1, -0.05) is 35.3 Å². The van der Waals surface area contributed by atoms with Gasteiger partial charge in [0.05, 0.1) is 0 Å². The number of hydrogen-bond donors (Lipinski definition) is 1. The van der Waals surface area contributed by atoms with Crippen LogP contribution in [0, 0.1) is 5.82 Å². The van der Waals surface area contributed by atoms with Crippen LogP contribution in [0.25, 0.3) is 0 Å². The summed E-state index contributed by atoms with van der Waals surface area (Å²) in [7, 11) is 0. The molecule has 0 aliphatic carbocycles. The number of carbonyl (C=O) groups excluding carboxylic acids is 2. The minimum absolute atomic E-state index is 0.0704. The minimum Gasteiger partial charge on any atom is -0.344 e. The van der Waals surface area contributed by atoms with E-state index in [-0.39, 0.29) is 17.6 Å². The zero-order valence-corrected chi connectivity index (χ0v) is 13.5. The quantitative estimate of drug-likeness (QED) is 0.901. The molecular formula is C15H18BrFN2O2. The molecule has 6 heteroatoms. The maximum absolute atomic E-state index is 13.1. The van der Waals surface area contributed by atoms with E-state index in [4.69, 9.17) is 0 Å². The first kappa shape index (κ1) is 15.9. The van der Waals surface area contributed by atoms with Gasteiger partial charge in [0.25, 0.3) is 0 Å². The van der Waals surface area contributed by atoms with Gasteiger partial charge in [0.1, 0.15) is 11.9 Å². The second-order valence-electron chi connectivity index (χ2n) is 5.15. The maximum Gasteiger partial charge on any atom is 0.245 e. The van der Waals surface area contributed by atoms with Gasteiger partial charge in [0.15, 0.2) is 0 Å². The largest absolute Gasteiger partial charge is 0.344 e. The van der Waals surface area contributed by atoms with Gasteiger partial charge in [-0.2, -0.15) is 0 Å². The van der Waals surface area contributed by atoms with E-state index in [9.17, 15) is 14.0 Å². The molecule has 2 amide bonds. The van der Waals surface area contributed by atoms with E-state index in [1.54, 1.807) is 11.0 Å². The Kier molecular flexibility index (Phi) is 5.33. The Morgan fingerprint density at radius 1 is 1.43 bits per heavy atom. The molecule has 1 aromatic carbocycles. The van der Waals surface area contributed by atoms with Crippen molar-refractivity contribution in [2.24, 2.45) is 0 Å². The van der Waals surface area contributed by atoms with Crippen LogP contribution in [0.5, 0.6) is 0 Å². The summed E-state index contributed by atoms with van der Waals surface area (Å²) in [6.45, 7) is 2.73. The highest BCUT2D eigenvalue weighted by Crippen LogP contribution is 2.21. The average molecular weight is 357 g/mol. The summed E-state index contributed by atoms with van der Waals surface area (Å²) in [5, 5.41) is 2.77. The van der Waals surface area contributed by atoms with Crippen LogP contribution in [0.1, 0.15) is 31.7 Å². The fraction of sp³-hybridized carbons (Fsp3) is 0.467. The lowest BCUT2D eigenvalue weighted by molar-refractivity contribution is -0.134. The third-order valence-electron chi connectivity index (χ3n) is 3.51. The van der Waals surface area contributed by atoms with Crippen LogP contribution in [0.3, 0.4) is 0 Å². The summed E-state index contributed by atoms with van der Waals surface area (Å²) in [6, 6.07) is 3.95. The van der Waals surface area contributed by atoms with E-state index >= 15 is 0 Å². The molecule has 21 heavy (non-hydrogen) atoms. The van der Waals surface area contributed by atoms with Crippen molar-refractivity contribution >= 4 is 27.7 Å². The highest BCUT2D eigenvalue weighted by atomic mass is 79.9. The van der Waals surface area contributed by atoms with Gasteiger partial charge in [-0.25, -0.2) is 4.39 Å². The summed E-state index contributed by atoms with van der Waals surface area (Å²) >= 11 is 3.31. The molecule has 1 unspecified atom stereocenters. The second-order valence-corrected chi connectivity index (χ2v) is 6.01. The highest BCUT2D eigenvalue weighted by molar-refractivity contribution is 9.10. The first-order valence-corrected chi connectivity index (χ1v) is 7.82. The molecular weight excluding hydrogens is 339 g/mol. The summed E-state index contributed by atoms with van der Waals surface area (Å²) < 4.78 is 13.7. The Labute approximate surface area is 131 Å². The smallest absolute Gasteiger partial charge is 0.245 e. The summed E-state index contributed by atoms with van der Waals surface area (Å²) in [6.07, 6.45) is 1.75. The maximum atomic E-state index is 13.1.